The number of carbonyl (C=O) groups is 1. The number of oxazole rings is 1. The third-order valence-corrected chi connectivity index (χ3v) is 4.28. The van der Waals surface area contributed by atoms with Crippen molar-refractivity contribution in [3.05, 3.63) is 35.5 Å². The lowest BCUT2D eigenvalue weighted by atomic mass is 10.2. The van der Waals surface area contributed by atoms with Crippen LogP contribution in [-0.2, 0) is 6.42 Å². The van der Waals surface area contributed by atoms with E-state index in [0.717, 1.165) is 23.7 Å². The Morgan fingerprint density at radius 2 is 2.27 bits per heavy atom. The van der Waals surface area contributed by atoms with Gasteiger partial charge in [0.1, 0.15) is 11.3 Å². The van der Waals surface area contributed by atoms with Crippen LogP contribution in [0.25, 0.3) is 11.1 Å². The zero-order valence-electron chi connectivity index (χ0n) is 12.0. The number of aryl methyl sites for hydroxylation is 1. The summed E-state index contributed by atoms with van der Waals surface area (Å²) in [6, 6.07) is 5.20. The van der Waals surface area contributed by atoms with Crippen molar-refractivity contribution in [1.82, 2.24) is 14.3 Å². The Morgan fingerprint density at radius 3 is 3.09 bits per heavy atom. The van der Waals surface area contributed by atoms with Gasteiger partial charge in [0.25, 0.3) is 5.91 Å². The minimum atomic E-state index is -0.218. The van der Waals surface area contributed by atoms with Gasteiger partial charge in [-0.1, -0.05) is 0 Å². The van der Waals surface area contributed by atoms with Gasteiger partial charge >= 0.3 is 0 Å². The summed E-state index contributed by atoms with van der Waals surface area (Å²) in [7, 11) is 0. The molecule has 0 radical (unpaired) electrons. The van der Waals surface area contributed by atoms with Crippen LogP contribution in [0.1, 0.15) is 34.9 Å². The predicted molar refractivity (Wildman–Crippen MR) is 83.0 cm³/mol. The van der Waals surface area contributed by atoms with E-state index in [-0.39, 0.29) is 5.91 Å². The smallest absolute Gasteiger partial charge is 0.257 e. The molecule has 0 atom stereocenters. The van der Waals surface area contributed by atoms with Gasteiger partial charge in [-0.15, -0.1) is 0 Å². The largest absolute Gasteiger partial charge is 0.441 e. The zero-order chi connectivity index (χ0) is 15.1. The van der Waals surface area contributed by atoms with Crippen LogP contribution < -0.4 is 5.32 Å². The molecule has 0 saturated heterocycles. The van der Waals surface area contributed by atoms with Gasteiger partial charge in [0.05, 0.1) is 0 Å². The first-order valence-electron chi connectivity index (χ1n) is 7.18. The normalized spacial score (nSPS) is 14.4. The molecule has 112 valence electrons. The molecule has 22 heavy (non-hydrogen) atoms. The summed E-state index contributed by atoms with van der Waals surface area (Å²) < 4.78 is 9.73. The van der Waals surface area contributed by atoms with Crippen LogP contribution in [0.3, 0.4) is 0 Å². The van der Waals surface area contributed by atoms with Crippen molar-refractivity contribution in [3.63, 3.8) is 0 Å². The topological polar surface area (TPSA) is 80.9 Å². The van der Waals surface area contributed by atoms with Crippen molar-refractivity contribution in [2.45, 2.75) is 26.2 Å². The zero-order valence-corrected chi connectivity index (χ0v) is 12.8. The minimum absolute atomic E-state index is 0.218. The molecule has 1 aliphatic rings. The second-order valence-electron chi connectivity index (χ2n) is 5.53. The minimum Gasteiger partial charge on any atom is -0.441 e. The average Bonchev–Trinajstić information content (AvgIpc) is 3.05. The van der Waals surface area contributed by atoms with Gasteiger partial charge < -0.3 is 4.42 Å². The lowest BCUT2D eigenvalue weighted by Crippen LogP contribution is -2.11. The van der Waals surface area contributed by atoms with Crippen molar-refractivity contribution in [3.8, 4) is 0 Å². The SMILES string of the molecule is Cc1nc2ccc(C(=O)Nc3nc(CC4CC4)ns3)cc2o1. The number of fused-ring (bicyclic) bond motifs is 1. The Balaban J connectivity index is 1.50. The highest BCUT2D eigenvalue weighted by atomic mass is 32.1. The van der Waals surface area contributed by atoms with E-state index in [1.54, 1.807) is 25.1 Å². The van der Waals surface area contributed by atoms with Gasteiger partial charge in [0, 0.05) is 30.4 Å². The van der Waals surface area contributed by atoms with E-state index in [9.17, 15) is 4.79 Å². The molecule has 1 aromatic carbocycles. The molecule has 4 rings (SSSR count). The molecule has 1 fully saturated rings. The molecular formula is C15H14N4O2S. The highest BCUT2D eigenvalue weighted by molar-refractivity contribution is 7.09. The van der Waals surface area contributed by atoms with Crippen LogP contribution in [-0.4, -0.2) is 20.2 Å². The summed E-state index contributed by atoms with van der Waals surface area (Å²) in [5.41, 5.74) is 1.87. The summed E-state index contributed by atoms with van der Waals surface area (Å²) in [6.45, 7) is 1.78. The fourth-order valence-corrected chi connectivity index (χ4v) is 2.91. The molecule has 1 aliphatic carbocycles. The van der Waals surface area contributed by atoms with E-state index in [1.807, 2.05) is 0 Å². The Morgan fingerprint density at radius 1 is 1.41 bits per heavy atom. The Bertz CT molecular complexity index is 850. The molecule has 0 spiro atoms. The van der Waals surface area contributed by atoms with Crippen molar-refractivity contribution in [2.24, 2.45) is 5.92 Å². The van der Waals surface area contributed by atoms with Crippen molar-refractivity contribution in [2.75, 3.05) is 5.32 Å². The van der Waals surface area contributed by atoms with Crippen LogP contribution in [0.2, 0.25) is 0 Å². The van der Waals surface area contributed by atoms with Crippen molar-refractivity contribution in [1.29, 1.82) is 0 Å². The van der Waals surface area contributed by atoms with E-state index >= 15 is 0 Å². The molecule has 0 aliphatic heterocycles. The van der Waals surface area contributed by atoms with E-state index in [4.69, 9.17) is 4.42 Å². The van der Waals surface area contributed by atoms with Crippen LogP contribution in [0.5, 0.6) is 0 Å². The van der Waals surface area contributed by atoms with E-state index in [1.165, 1.54) is 24.4 Å². The number of anilines is 1. The van der Waals surface area contributed by atoms with Crippen LogP contribution in [0.15, 0.2) is 22.6 Å². The second-order valence-corrected chi connectivity index (χ2v) is 6.28. The maximum absolute atomic E-state index is 12.3. The second kappa shape index (κ2) is 5.17. The van der Waals surface area contributed by atoms with Gasteiger partial charge in [-0.3, -0.25) is 10.1 Å². The summed E-state index contributed by atoms with van der Waals surface area (Å²) in [5, 5.41) is 3.32. The molecule has 7 heteroatoms. The summed E-state index contributed by atoms with van der Waals surface area (Å²) in [4.78, 5) is 20.9. The monoisotopic (exact) mass is 314 g/mol. The molecule has 6 nitrogen and oxygen atoms in total. The first kappa shape index (κ1) is 13.4. The fraction of sp³-hybridized carbons (Fsp3) is 0.333. The number of nitrogens with zero attached hydrogens (tertiary/aromatic N) is 3. The first-order valence-corrected chi connectivity index (χ1v) is 7.96. The summed E-state index contributed by atoms with van der Waals surface area (Å²) in [5.74, 6) is 1.92. The third kappa shape index (κ3) is 2.71. The molecule has 3 aromatic rings. The number of benzene rings is 1. The quantitative estimate of drug-likeness (QED) is 0.800. The van der Waals surface area contributed by atoms with Gasteiger partial charge in [-0.25, -0.2) is 9.97 Å². The Labute approximate surface area is 130 Å². The van der Waals surface area contributed by atoms with Gasteiger partial charge in [-0.2, -0.15) is 4.37 Å². The number of carbonyl (C=O) groups excluding carboxylic acids is 1. The van der Waals surface area contributed by atoms with Gasteiger partial charge in [0.2, 0.25) is 5.13 Å². The highest BCUT2D eigenvalue weighted by Gasteiger charge is 2.23. The maximum atomic E-state index is 12.3. The van der Waals surface area contributed by atoms with Crippen molar-refractivity contribution < 1.29 is 9.21 Å². The molecule has 0 unspecified atom stereocenters. The van der Waals surface area contributed by atoms with E-state index < -0.39 is 0 Å². The number of rotatable bonds is 4. The van der Waals surface area contributed by atoms with E-state index in [2.05, 4.69) is 19.7 Å². The molecule has 1 N–H and O–H groups in total. The van der Waals surface area contributed by atoms with Gasteiger partial charge in [0.15, 0.2) is 11.5 Å². The highest BCUT2D eigenvalue weighted by Crippen LogP contribution is 2.32. The number of hydrogen-bond donors (Lipinski definition) is 1. The molecule has 2 aromatic heterocycles. The predicted octanol–water partition coefficient (Wildman–Crippen LogP) is 3.19. The number of amides is 1. The summed E-state index contributed by atoms with van der Waals surface area (Å²) in [6.07, 6.45) is 3.44. The molecule has 2 heterocycles. The lowest BCUT2D eigenvalue weighted by Gasteiger charge is -2.00. The van der Waals surface area contributed by atoms with Gasteiger partial charge in [-0.05, 0) is 37.0 Å². The lowest BCUT2D eigenvalue weighted by molar-refractivity contribution is 0.102. The molecular weight excluding hydrogens is 300 g/mol. The van der Waals surface area contributed by atoms with Crippen LogP contribution >= 0.6 is 11.5 Å². The standard InChI is InChI=1S/C15H14N4O2S/c1-8-16-11-5-4-10(7-12(11)21-8)14(20)18-15-17-13(19-22-15)6-9-2-3-9/h4-5,7,9H,2-3,6H2,1H3,(H,17,18,19,20). The number of nitrogens with one attached hydrogen (secondary N) is 1. The van der Waals surface area contributed by atoms with Crippen LogP contribution in [0, 0.1) is 12.8 Å². The molecule has 1 saturated carbocycles. The average molecular weight is 314 g/mol. The first-order chi connectivity index (χ1) is 10.7. The summed E-state index contributed by atoms with van der Waals surface area (Å²) >= 11 is 1.22. The third-order valence-electron chi connectivity index (χ3n) is 3.61. The Hall–Kier alpha value is -2.28. The fourth-order valence-electron chi connectivity index (χ4n) is 2.32. The maximum Gasteiger partial charge on any atom is 0.257 e. The number of aromatic nitrogens is 3. The molecule has 0 bridgehead atoms. The molecule has 1 amide bonds. The van der Waals surface area contributed by atoms with Crippen LogP contribution in [0.4, 0.5) is 5.13 Å². The Kier molecular flexibility index (Phi) is 3.15. The van der Waals surface area contributed by atoms with E-state index in [0.29, 0.717) is 22.2 Å². The van der Waals surface area contributed by atoms with Crippen molar-refractivity contribution >= 4 is 33.7 Å². The number of hydrogen-bond acceptors (Lipinski definition) is 6.